The van der Waals surface area contributed by atoms with Crippen LogP contribution in [0.1, 0.15) is 79.2 Å². The van der Waals surface area contributed by atoms with Gasteiger partial charge in [0.25, 0.3) is 0 Å². The minimum atomic E-state index is -1.03. The highest BCUT2D eigenvalue weighted by atomic mass is 16.7. The van der Waals surface area contributed by atoms with E-state index in [2.05, 4.69) is 0 Å². The van der Waals surface area contributed by atoms with E-state index in [1.165, 1.54) is 12.1 Å². The van der Waals surface area contributed by atoms with Crippen molar-refractivity contribution in [1.29, 1.82) is 0 Å². The summed E-state index contributed by atoms with van der Waals surface area (Å²) in [5.74, 6) is -1.43. The Balaban J connectivity index is 2.76. The van der Waals surface area contributed by atoms with Crippen LogP contribution in [0.25, 0.3) is 0 Å². The maximum Gasteiger partial charge on any atom is 0.509 e. The maximum absolute atomic E-state index is 12.4. The van der Waals surface area contributed by atoms with Crippen molar-refractivity contribution in [3.05, 3.63) is 23.8 Å². The molecule has 0 aliphatic heterocycles. The fraction of sp³-hybridized carbons (Fsp3) is 0.615. The summed E-state index contributed by atoms with van der Waals surface area (Å²) in [5, 5.41) is 0. The van der Waals surface area contributed by atoms with Gasteiger partial charge in [0.2, 0.25) is 0 Å². The highest BCUT2D eigenvalue weighted by Gasteiger charge is 2.24. The van der Waals surface area contributed by atoms with Crippen LogP contribution in [0.4, 0.5) is 4.79 Å². The SMILES string of the molecule is CCCC(=O)Oc1ccc(C[C@H](N)C(=O)OC[C@H](C)OC(=O)OC(C)(C)CC)cc1OC(=O)CCC. The van der Waals surface area contributed by atoms with Crippen LogP contribution in [-0.2, 0) is 35.0 Å². The molecule has 10 nitrogen and oxygen atoms in total. The number of rotatable bonds is 14. The first kappa shape index (κ1) is 30.9. The molecule has 2 N–H and O–H groups in total. The Morgan fingerprint density at radius 2 is 1.53 bits per heavy atom. The van der Waals surface area contributed by atoms with Crippen molar-refractivity contribution in [3.63, 3.8) is 0 Å². The molecule has 0 bridgehead atoms. The van der Waals surface area contributed by atoms with E-state index in [9.17, 15) is 19.2 Å². The minimum absolute atomic E-state index is 0.0717. The summed E-state index contributed by atoms with van der Waals surface area (Å²) in [7, 11) is 0. The summed E-state index contributed by atoms with van der Waals surface area (Å²) >= 11 is 0. The van der Waals surface area contributed by atoms with Gasteiger partial charge in [0.15, 0.2) is 11.5 Å². The number of hydrogen-bond donors (Lipinski definition) is 1. The number of nitrogens with two attached hydrogens (primary N) is 1. The second-order valence-corrected chi connectivity index (χ2v) is 9.06. The largest absolute Gasteiger partial charge is 0.509 e. The summed E-state index contributed by atoms with van der Waals surface area (Å²) in [4.78, 5) is 48.2. The Labute approximate surface area is 212 Å². The molecule has 0 saturated heterocycles. The van der Waals surface area contributed by atoms with E-state index in [1.807, 2.05) is 20.8 Å². The quantitative estimate of drug-likeness (QED) is 0.286. The molecule has 10 heteroatoms. The first-order valence-electron chi connectivity index (χ1n) is 12.3. The van der Waals surface area contributed by atoms with E-state index < -0.39 is 41.8 Å². The molecule has 1 aromatic rings. The van der Waals surface area contributed by atoms with Gasteiger partial charge in [0.1, 0.15) is 24.4 Å². The number of hydrogen-bond acceptors (Lipinski definition) is 10. The number of esters is 3. The van der Waals surface area contributed by atoms with Gasteiger partial charge in [-0.1, -0.05) is 26.8 Å². The molecular weight excluding hydrogens is 470 g/mol. The molecule has 0 saturated carbocycles. The molecule has 0 amide bonds. The first-order valence-corrected chi connectivity index (χ1v) is 12.3. The number of carbonyl (C=O) groups excluding carboxylic acids is 4. The van der Waals surface area contributed by atoms with Crippen LogP contribution in [0.3, 0.4) is 0 Å². The van der Waals surface area contributed by atoms with Crippen LogP contribution in [-0.4, -0.2) is 48.4 Å². The average molecular weight is 510 g/mol. The number of benzene rings is 1. The molecule has 2 atom stereocenters. The number of carbonyl (C=O) groups is 4. The third-order valence-electron chi connectivity index (χ3n) is 5.09. The fourth-order valence-electron chi connectivity index (χ4n) is 2.76. The fourth-order valence-corrected chi connectivity index (χ4v) is 2.76. The van der Waals surface area contributed by atoms with Crippen LogP contribution in [0.15, 0.2) is 18.2 Å². The normalized spacial score (nSPS) is 12.8. The highest BCUT2D eigenvalue weighted by molar-refractivity contribution is 5.77. The molecule has 0 aromatic heterocycles. The van der Waals surface area contributed by atoms with Gasteiger partial charge >= 0.3 is 24.1 Å². The van der Waals surface area contributed by atoms with Gasteiger partial charge in [-0.25, -0.2) is 4.79 Å². The predicted molar refractivity (Wildman–Crippen MR) is 132 cm³/mol. The molecule has 36 heavy (non-hydrogen) atoms. The monoisotopic (exact) mass is 509 g/mol. The van der Waals surface area contributed by atoms with E-state index in [0.717, 1.165) is 0 Å². The zero-order valence-electron chi connectivity index (χ0n) is 22.1. The third kappa shape index (κ3) is 11.5. The van der Waals surface area contributed by atoms with Crippen molar-refractivity contribution in [2.24, 2.45) is 5.73 Å². The lowest BCUT2D eigenvalue weighted by molar-refractivity contribution is -0.148. The van der Waals surface area contributed by atoms with Crippen LogP contribution < -0.4 is 15.2 Å². The van der Waals surface area contributed by atoms with Crippen LogP contribution in [0.5, 0.6) is 11.5 Å². The van der Waals surface area contributed by atoms with Crippen molar-refractivity contribution in [3.8, 4) is 11.5 Å². The maximum atomic E-state index is 12.4. The Hall–Kier alpha value is -3.14. The molecule has 0 heterocycles. The summed E-state index contributed by atoms with van der Waals surface area (Å²) < 4.78 is 26.2. The van der Waals surface area contributed by atoms with Crippen LogP contribution >= 0.6 is 0 Å². The van der Waals surface area contributed by atoms with Gasteiger partial charge in [-0.15, -0.1) is 0 Å². The second-order valence-electron chi connectivity index (χ2n) is 9.06. The predicted octanol–water partition coefficient (Wildman–Crippen LogP) is 4.24. The summed E-state index contributed by atoms with van der Waals surface area (Å²) in [6, 6.07) is 3.59. The Morgan fingerprint density at radius 3 is 2.08 bits per heavy atom. The highest BCUT2D eigenvalue weighted by Crippen LogP contribution is 2.30. The zero-order valence-corrected chi connectivity index (χ0v) is 22.1. The second kappa shape index (κ2) is 15.1. The first-order chi connectivity index (χ1) is 16.9. The van der Waals surface area contributed by atoms with E-state index in [4.69, 9.17) is 29.4 Å². The summed E-state index contributed by atoms with van der Waals surface area (Å²) in [5.41, 5.74) is 5.90. The van der Waals surface area contributed by atoms with Crippen molar-refractivity contribution < 1.29 is 42.9 Å². The summed E-state index contributed by atoms with van der Waals surface area (Å²) in [6.45, 7) is 10.5. The Morgan fingerprint density at radius 1 is 0.944 bits per heavy atom. The zero-order chi connectivity index (χ0) is 27.3. The Kier molecular flexibility index (Phi) is 12.9. The van der Waals surface area contributed by atoms with E-state index in [0.29, 0.717) is 24.8 Å². The van der Waals surface area contributed by atoms with Crippen LogP contribution in [0.2, 0.25) is 0 Å². The molecule has 0 aliphatic rings. The van der Waals surface area contributed by atoms with Gasteiger partial charge in [-0.3, -0.25) is 14.4 Å². The summed E-state index contributed by atoms with van der Waals surface area (Å²) in [6.07, 6.45) is 0.725. The molecule has 1 aromatic carbocycles. The van der Waals surface area contributed by atoms with Gasteiger partial charge in [-0.05, 0) is 64.2 Å². The van der Waals surface area contributed by atoms with Gasteiger partial charge in [0, 0.05) is 12.8 Å². The number of ether oxygens (including phenoxy) is 5. The van der Waals surface area contributed by atoms with E-state index in [1.54, 1.807) is 26.8 Å². The van der Waals surface area contributed by atoms with Crippen molar-refractivity contribution in [1.82, 2.24) is 0 Å². The van der Waals surface area contributed by atoms with E-state index in [-0.39, 0.29) is 37.4 Å². The van der Waals surface area contributed by atoms with Gasteiger partial charge in [-0.2, -0.15) is 0 Å². The molecule has 0 aliphatic carbocycles. The van der Waals surface area contributed by atoms with Crippen molar-refractivity contribution >= 4 is 24.1 Å². The molecular formula is C26H39NO9. The van der Waals surface area contributed by atoms with Gasteiger partial charge < -0.3 is 29.4 Å². The van der Waals surface area contributed by atoms with E-state index >= 15 is 0 Å². The lowest BCUT2D eigenvalue weighted by Gasteiger charge is -2.24. The van der Waals surface area contributed by atoms with Crippen LogP contribution in [0, 0.1) is 0 Å². The lowest BCUT2D eigenvalue weighted by atomic mass is 10.1. The Bertz CT molecular complexity index is 897. The molecule has 1 rings (SSSR count). The lowest BCUT2D eigenvalue weighted by Crippen LogP contribution is -2.36. The molecule has 0 unspecified atom stereocenters. The van der Waals surface area contributed by atoms with Gasteiger partial charge in [0.05, 0.1) is 0 Å². The third-order valence-corrected chi connectivity index (χ3v) is 5.09. The minimum Gasteiger partial charge on any atom is -0.461 e. The molecule has 0 spiro atoms. The smallest absolute Gasteiger partial charge is 0.461 e. The molecule has 0 fully saturated rings. The molecule has 0 radical (unpaired) electrons. The average Bonchev–Trinajstić information content (AvgIpc) is 2.79. The standard InChI is InChI=1S/C26H39NO9/c1-7-10-22(28)34-20-13-12-18(15-21(20)35-23(29)11-8-2)14-19(27)24(30)32-16-17(4)33-25(31)36-26(5,6)9-3/h12-13,15,17,19H,7-11,14,16,27H2,1-6H3/t17-,19-/m0/s1. The van der Waals surface area contributed by atoms with Crippen molar-refractivity contribution in [2.45, 2.75) is 97.8 Å². The topological polar surface area (TPSA) is 140 Å². The van der Waals surface area contributed by atoms with Crippen molar-refractivity contribution in [2.75, 3.05) is 6.61 Å². The molecule has 202 valence electrons.